The first-order chi connectivity index (χ1) is 14.1. The Labute approximate surface area is 177 Å². The van der Waals surface area contributed by atoms with Crippen LogP contribution < -0.4 is 15.5 Å². The zero-order valence-electron chi connectivity index (χ0n) is 18.7. The van der Waals surface area contributed by atoms with E-state index in [4.69, 9.17) is 4.74 Å². The molecule has 1 aromatic rings. The molecule has 0 aliphatic carbocycles. The molecule has 7 heteroatoms. The number of piperazine rings is 1. The highest BCUT2D eigenvalue weighted by molar-refractivity contribution is 5.79. The fraction of sp³-hybridized carbons (Fsp3) is 0.682. The third kappa shape index (κ3) is 8.60. The number of hydrogen-bond donors (Lipinski definition) is 2. The number of nitrogens with one attached hydrogen (secondary N) is 2. The summed E-state index contributed by atoms with van der Waals surface area (Å²) in [4.78, 5) is 11.7. The summed E-state index contributed by atoms with van der Waals surface area (Å²) in [6.07, 6.45) is 1.06. The lowest BCUT2D eigenvalue weighted by Crippen LogP contribution is -2.53. The van der Waals surface area contributed by atoms with Gasteiger partial charge < -0.3 is 25.2 Å². The van der Waals surface area contributed by atoms with Crippen molar-refractivity contribution < 1.29 is 4.74 Å². The Kier molecular flexibility index (Phi) is 10.8. The van der Waals surface area contributed by atoms with Crippen molar-refractivity contribution in [3.05, 3.63) is 30.3 Å². The molecule has 1 fully saturated rings. The first-order valence-corrected chi connectivity index (χ1v) is 10.8. The van der Waals surface area contributed by atoms with E-state index in [2.05, 4.69) is 74.6 Å². The largest absolute Gasteiger partial charge is 0.385 e. The first kappa shape index (κ1) is 23.4. The normalized spacial score (nSPS) is 16.9. The molecular formula is C22H40N6O. The number of aliphatic imine (C=N–C) groups is 1. The molecule has 1 atom stereocenters. The molecule has 1 aromatic carbocycles. The number of hydrogen-bond acceptors (Lipinski definition) is 5. The zero-order valence-corrected chi connectivity index (χ0v) is 18.7. The van der Waals surface area contributed by atoms with Gasteiger partial charge in [-0.2, -0.15) is 0 Å². The molecule has 1 heterocycles. The van der Waals surface area contributed by atoms with Crippen molar-refractivity contribution in [3.8, 4) is 0 Å². The third-order valence-electron chi connectivity index (χ3n) is 5.52. The fourth-order valence-electron chi connectivity index (χ4n) is 3.61. The number of benzene rings is 1. The van der Waals surface area contributed by atoms with Crippen LogP contribution in [0.2, 0.25) is 0 Å². The van der Waals surface area contributed by atoms with Crippen molar-refractivity contribution in [2.75, 3.05) is 85.1 Å². The second-order valence-electron chi connectivity index (χ2n) is 7.74. The van der Waals surface area contributed by atoms with Gasteiger partial charge in [0.05, 0.1) is 0 Å². The predicted octanol–water partition coefficient (Wildman–Crippen LogP) is 1.33. The summed E-state index contributed by atoms with van der Waals surface area (Å²) in [6, 6.07) is 11.2. The lowest BCUT2D eigenvalue weighted by Gasteiger charge is -2.39. The van der Waals surface area contributed by atoms with Gasteiger partial charge in [-0.1, -0.05) is 18.2 Å². The minimum absolute atomic E-state index is 0.475. The first-order valence-electron chi connectivity index (χ1n) is 10.8. The lowest BCUT2D eigenvalue weighted by molar-refractivity contribution is 0.180. The van der Waals surface area contributed by atoms with Crippen molar-refractivity contribution in [2.45, 2.75) is 19.4 Å². The van der Waals surface area contributed by atoms with Gasteiger partial charge in [0.15, 0.2) is 5.96 Å². The van der Waals surface area contributed by atoms with Crippen LogP contribution in [0.25, 0.3) is 0 Å². The number of guanidine groups is 1. The van der Waals surface area contributed by atoms with Gasteiger partial charge in [0.25, 0.3) is 0 Å². The fourth-order valence-corrected chi connectivity index (χ4v) is 3.61. The summed E-state index contributed by atoms with van der Waals surface area (Å²) >= 11 is 0. The second kappa shape index (κ2) is 13.4. The molecule has 1 aliphatic heterocycles. The van der Waals surface area contributed by atoms with Gasteiger partial charge in [-0.25, -0.2) is 0 Å². The Hall–Kier alpha value is -1.83. The molecule has 1 saturated heterocycles. The average molecular weight is 405 g/mol. The Morgan fingerprint density at radius 3 is 2.52 bits per heavy atom. The van der Waals surface area contributed by atoms with E-state index in [0.717, 1.165) is 71.3 Å². The molecule has 0 spiro atoms. The van der Waals surface area contributed by atoms with Crippen LogP contribution in [0.3, 0.4) is 0 Å². The van der Waals surface area contributed by atoms with Crippen molar-refractivity contribution >= 4 is 11.6 Å². The number of rotatable bonds is 11. The highest BCUT2D eigenvalue weighted by atomic mass is 16.5. The monoisotopic (exact) mass is 404 g/mol. The maximum absolute atomic E-state index is 5.11. The van der Waals surface area contributed by atoms with Gasteiger partial charge in [-0.05, 0) is 32.5 Å². The van der Waals surface area contributed by atoms with E-state index in [1.807, 2.05) is 7.05 Å². The Balaban J connectivity index is 1.62. The number of methoxy groups -OCH3 is 1. The van der Waals surface area contributed by atoms with E-state index in [1.54, 1.807) is 7.11 Å². The molecule has 2 rings (SSSR count). The van der Waals surface area contributed by atoms with Crippen LogP contribution in [0.5, 0.6) is 0 Å². The van der Waals surface area contributed by atoms with E-state index in [1.165, 1.54) is 5.69 Å². The molecular weight excluding hydrogens is 364 g/mol. The SMILES string of the molecule is CN=C(NCCN(C)CCCOC)NCC(C)N1CCN(c2ccccc2)CC1. The van der Waals surface area contributed by atoms with Crippen molar-refractivity contribution in [1.29, 1.82) is 0 Å². The van der Waals surface area contributed by atoms with Crippen LogP contribution in [-0.4, -0.2) is 102 Å². The summed E-state index contributed by atoms with van der Waals surface area (Å²) in [5.74, 6) is 0.880. The molecule has 164 valence electrons. The van der Waals surface area contributed by atoms with Gasteiger partial charge in [0, 0.05) is 84.9 Å². The van der Waals surface area contributed by atoms with Gasteiger partial charge >= 0.3 is 0 Å². The van der Waals surface area contributed by atoms with Gasteiger partial charge in [0.1, 0.15) is 0 Å². The maximum Gasteiger partial charge on any atom is 0.191 e. The number of ether oxygens (including phenoxy) is 1. The van der Waals surface area contributed by atoms with Crippen LogP contribution in [0.4, 0.5) is 5.69 Å². The highest BCUT2D eigenvalue weighted by Crippen LogP contribution is 2.16. The average Bonchev–Trinajstić information content (AvgIpc) is 2.76. The molecule has 0 bridgehead atoms. The van der Waals surface area contributed by atoms with E-state index in [-0.39, 0.29) is 0 Å². The molecule has 29 heavy (non-hydrogen) atoms. The standard InChI is InChI=1S/C22H40N6O/c1-20(27-14-16-28(17-15-27)21-9-6-5-7-10-21)19-25-22(23-2)24-11-13-26(3)12-8-18-29-4/h5-7,9-10,20H,8,11-19H2,1-4H3,(H2,23,24,25). The Morgan fingerprint density at radius 1 is 1.14 bits per heavy atom. The summed E-state index contributed by atoms with van der Waals surface area (Å²) in [6.45, 7) is 11.3. The van der Waals surface area contributed by atoms with Gasteiger partial charge in [-0.15, -0.1) is 0 Å². The summed E-state index contributed by atoms with van der Waals surface area (Å²) < 4.78 is 5.11. The minimum Gasteiger partial charge on any atom is -0.385 e. The number of nitrogens with zero attached hydrogens (tertiary/aromatic N) is 4. The topological polar surface area (TPSA) is 55.4 Å². The van der Waals surface area contributed by atoms with E-state index < -0.39 is 0 Å². The lowest BCUT2D eigenvalue weighted by atomic mass is 10.2. The third-order valence-corrected chi connectivity index (χ3v) is 5.52. The summed E-state index contributed by atoms with van der Waals surface area (Å²) in [7, 11) is 5.73. The van der Waals surface area contributed by atoms with Crippen molar-refractivity contribution in [3.63, 3.8) is 0 Å². The van der Waals surface area contributed by atoms with E-state index >= 15 is 0 Å². The molecule has 0 saturated carbocycles. The van der Waals surface area contributed by atoms with E-state index in [9.17, 15) is 0 Å². The minimum atomic E-state index is 0.475. The number of para-hydroxylation sites is 1. The van der Waals surface area contributed by atoms with Crippen LogP contribution in [-0.2, 0) is 4.74 Å². The van der Waals surface area contributed by atoms with Crippen LogP contribution in [0.15, 0.2) is 35.3 Å². The summed E-state index contributed by atoms with van der Waals surface area (Å²) in [5.41, 5.74) is 1.33. The molecule has 0 aromatic heterocycles. The maximum atomic E-state index is 5.11. The van der Waals surface area contributed by atoms with E-state index in [0.29, 0.717) is 6.04 Å². The van der Waals surface area contributed by atoms with Gasteiger partial charge in [-0.3, -0.25) is 9.89 Å². The molecule has 1 unspecified atom stereocenters. The second-order valence-corrected chi connectivity index (χ2v) is 7.74. The smallest absolute Gasteiger partial charge is 0.191 e. The van der Waals surface area contributed by atoms with Crippen LogP contribution in [0.1, 0.15) is 13.3 Å². The van der Waals surface area contributed by atoms with Gasteiger partial charge in [0.2, 0.25) is 0 Å². The predicted molar refractivity (Wildman–Crippen MR) is 123 cm³/mol. The molecule has 0 radical (unpaired) electrons. The number of likely N-dealkylation sites (N-methyl/N-ethyl adjacent to an activating group) is 1. The zero-order chi connectivity index (χ0) is 20.9. The van der Waals surface area contributed by atoms with Crippen LogP contribution in [0, 0.1) is 0 Å². The molecule has 1 aliphatic rings. The van der Waals surface area contributed by atoms with Crippen molar-refractivity contribution in [2.24, 2.45) is 4.99 Å². The Morgan fingerprint density at radius 2 is 1.86 bits per heavy atom. The molecule has 7 nitrogen and oxygen atoms in total. The Bertz CT molecular complexity index is 574. The quantitative estimate of drug-likeness (QED) is 0.330. The molecule has 0 amide bonds. The molecule has 2 N–H and O–H groups in total. The highest BCUT2D eigenvalue weighted by Gasteiger charge is 2.21. The van der Waals surface area contributed by atoms with Crippen LogP contribution >= 0.6 is 0 Å². The number of anilines is 1. The van der Waals surface area contributed by atoms with Crippen molar-refractivity contribution in [1.82, 2.24) is 20.4 Å². The summed E-state index contributed by atoms with van der Waals surface area (Å²) in [5, 5.41) is 6.90.